The van der Waals surface area contributed by atoms with Gasteiger partial charge in [0.25, 0.3) is 5.69 Å². The Balaban J connectivity index is 3.60. The second kappa shape index (κ2) is 3.96. The van der Waals surface area contributed by atoms with Crippen LogP contribution in [0.4, 0.5) is 18.9 Å². The van der Waals surface area contributed by atoms with Crippen molar-refractivity contribution in [1.29, 1.82) is 0 Å². The molecule has 0 aliphatic heterocycles. The smallest absolute Gasteiger partial charge is 0.258 e. The molecular weight excluding hydrogens is 265 g/mol. The normalized spacial score (nSPS) is 12.5. The first-order valence-corrected chi connectivity index (χ1v) is 5.46. The molecule has 0 aliphatic rings. The largest absolute Gasteiger partial charge is 0.417 e. The average molecular weight is 270 g/mol. The van der Waals surface area contributed by atoms with E-state index in [4.69, 9.17) is 0 Å². The third-order valence-corrected chi connectivity index (χ3v) is 2.74. The molecule has 0 atom stereocenters. The van der Waals surface area contributed by atoms with Gasteiger partial charge in [-0.2, -0.15) is 13.2 Å². The van der Waals surface area contributed by atoms with Crippen LogP contribution in [0.25, 0.3) is 0 Å². The van der Waals surface area contributed by atoms with Gasteiger partial charge in [0.1, 0.15) is 4.90 Å². The number of nitrogens with two attached hydrogens (primary N) is 1. The standard InChI is InChI=1S/C7H5F3N2O4S/c8-7(9,10)5-2-1-4(12(13)14)3-6(5)17(11,15)16/h1-3H,(H2,11,15,16). The van der Waals surface area contributed by atoms with E-state index in [-0.39, 0.29) is 6.07 Å². The Bertz CT molecular complexity index is 567. The Labute approximate surface area is 93.0 Å². The molecule has 0 fully saturated rings. The molecule has 1 aromatic carbocycles. The highest BCUT2D eigenvalue weighted by Gasteiger charge is 2.37. The van der Waals surface area contributed by atoms with Crippen molar-refractivity contribution in [3.8, 4) is 0 Å². The summed E-state index contributed by atoms with van der Waals surface area (Å²) in [6.45, 7) is 0. The molecular formula is C7H5F3N2O4S. The summed E-state index contributed by atoms with van der Waals surface area (Å²) in [5.74, 6) is 0. The highest BCUT2D eigenvalue weighted by atomic mass is 32.2. The molecule has 0 saturated heterocycles. The predicted octanol–water partition coefficient (Wildman–Crippen LogP) is 1.26. The van der Waals surface area contributed by atoms with E-state index in [2.05, 4.69) is 5.14 Å². The van der Waals surface area contributed by atoms with Gasteiger partial charge in [-0.15, -0.1) is 0 Å². The van der Waals surface area contributed by atoms with Gasteiger partial charge in [0, 0.05) is 12.1 Å². The van der Waals surface area contributed by atoms with Gasteiger partial charge in [0.05, 0.1) is 10.5 Å². The molecule has 0 spiro atoms. The summed E-state index contributed by atoms with van der Waals surface area (Å²) in [6.07, 6.45) is -4.96. The maximum Gasteiger partial charge on any atom is 0.417 e. The Hall–Kier alpha value is -1.68. The maximum atomic E-state index is 12.4. The summed E-state index contributed by atoms with van der Waals surface area (Å²) in [4.78, 5) is 7.99. The number of rotatable bonds is 2. The minimum Gasteiger partial charge on any atom is -0.258 e. The number of non-ortho nitro benzene ring substituents is 1. The SMILES string of the molecule is NS(=O)(=O)c1cc([N+](=O)[O-])ccc1C(F)(F)F. The van der Waals surface area contributed by atoms with Gasteiger partial charge in [-0.05, 0) is 6.07 Å². The lowest BCUT2D eigenvalue weighted by atomic mass is 10.2. The fourth-order valence-corrected chi connectivity index (χ4v) is 1.87. The zero-order valence-corrected chi connectivity index (χ0v) is 8.75. The minimum atomic E-state index is -4.96. The molecule has 0 aromatic heterocycles. The highest BCUT2D eigenvalue weighted by Crippen LogP contribution is 2.35. The van der Waals surface area contributed by atoms with Crippen LogP contribution in [-0.4, -0.2) is 13.3 Å². The predicted molar refractivity (Wildman–Crippen MR) is 49.5 cm³/mol. The lowest BCUT2D eigenvalue weighted by Crippen LogP contribution is -2.19. The van der Waals surface area contributed by atoms with Crippen LogP contribution in [0.1, 0.15) is 5.56 Å². The molecule has 0 unspecified atom stereocenters. The Kier molecular flexibility index (Phi) is 3.12. The van der Waals surface area contributed by atoms with Crippen LogP contribution < -0.4 is 5.14 Å². The van der Waals surface area contributed by atoms with E-state index in [1.54, 1.807) is 0 Å². The molecule has 0 radical (unpaired) electrons. The van der Waals surface area contributed by atoms with Gasteiger partial charge in [-0.25, -0.2) is 13.6 Å². The minimum absolute atomic E-state index is 0.276. The van der Waals surface area contributed by atoms with E-state index in [0.717, 1.165) is 0 Å². The average Bonchev–Trinajstić information content (AvgIpc) is 2.14. The van der Waals surface area contributed by atoms with Crippen molar-refractivity contribution in [2.45, 2.75) is 11.1 Å². The number of sulfonamides is 1. The van der Waals surface area contributed by atoms with Crippen LogP contribution >= 0.6 is 0 Å². The first-order valence-electron chi connectivity index (χ1n) is 3.92. The first-order chi connectivity index (χ1) is 7.53. The summed E-state index contributed by atoms with van der Waals surface area (Å²) in [7, 11) is -4.70. The number of alkyl halides is 3. The molecule has 17 heavy (non-hydrogen) atoms. The molecule has 10 heteroatoms. The summed E-state index contributed by atoms with van der Waals surface area (Å²) in [6, 6.07) is 1.13. The molecule has 94 valence electrons. The second-order valence-electron chi connectivity index (χ2n) is 2.98. The highest BCUT2D eigenvalue weighted by molar-refractivity contribution is 7.89. The molecule has 0 amide bonds. The molecule has 2 N–H and O–H groups in total. The van der Waals surface area contributed by atoms with Crippen molar-refractivity contribution in [2.75, 3.05) is 0 Å². The van der Waals surface area contributed by atoms with Crippen LogP contribution in [-0.2, 0) is 16.2 Å². The summed E-state index contributed by atoms with van der Waals surface area (Å²) in [5, 5.41) is 14.9. The van der Waals surface area contributed by atoms with Crippen molar-refractivity contribution in [3.63, 3.8) is 0 Å². The number of nitrogens with zero attached hydrogens (tertiary/aromatic N) is 1. The number of halogens is 3. The quantitative estimate of drug-likeness (QED) is 0.645. The van der Waals surface area contributed by atoms with Gasteiger partial charge < -0.3 is 0 Å². The van der Waals surface area contributed by atoms with Crippen LogP contribution in [0.15, 0.2) is 23.1 Å². The summed E-state index contributed by atoms with van der Waals surface area (Å²) in [5.41, 5.74) is -2.33. The summed E-state index contributed by atoms with van der Waals surface area (Å²) >= 11 is 0. The van der Waals surface area contributed by atoms with Gasteiger partial charge in [-0.1, -0.05) is 0 Å². The fourth-order valence-electron chi connectivity index (χ4n) is 1.09. The van der Waals surface area contributed by atoms with Crippen molar-refractivity contribution < 1.29 is 26.5 Å². The van der Waals surface area contributed by atoms with Gasteiger partial charge >= 0.3 is 6.18 Å². The topological polar surface area (TPSA) is 103 Å². The monoisotopic (exact) mass is 270 g/mol. The van der Waals surface area contributed by atoms with Crippen molar-refractivity contribution in [3.05, 3.63) is 33.9 Å². The molecule has 0 saturated carbocycles. The van der Waals surface area contributed by atoms with Crippen molar-refractivity contribution in [1.82, 2.24) is 0 Å². The first kappa shape index (κ1) is 13.4. The molecule has 6 nitrogen and oxygen atoms in total. The van der Waals surface area contributed by atoms with Crippen molar-refractivity contribution in [2.24, 2.45) is 5.14 Å². The van der Waals surface area contributed by atoms with E-state index in [0.29, 0.717) is 12.1 Å². The maximum absolute atomic E-state index is 12.4. The molecule has 0 bridgehead atoms. The lowest BCUT2D eigenvalue weighted by Gasteiger charge is -2.10. The number of hydrogen-bond donors (Lipinski definition) is 1. The van der Waals surface area contributed by atoms with E-state index in [1.807, 2.05) is 0 Å². The number of nitro groups is 1. The molecule has 1 aromatic rings. The lowest BCUT2D eigenvalue weighted by molar-refractivity contribution is -0.385. The fraction of sp³-hybridized carbons (Fsp3) is 0.143. The van der Waals surface area contributed by atoms with E-state index in [9.17, 15) is 31.7 Å². The third kappa shape index (κ3) is 2.91. The number of benzene rings is 1. The number of primary sulfonamides is 1. The Morgan fingerprint density at radius 1 is 1.29 bits per heavy atom. The van der Waals surface area contributed by atoms with Crippen LogP contribution in [0.5, 0.6) is 0 Å². The van der Waals surface area contributed by atoms with E-state index >= 15 is 0 Å². The molecule has 0 aliphatic carbocycles. The zero-order valence-electron chi connectivity index (χ0n) is 7.93. The zero-order chi connectivity index (χ0) is 13.4. The van der Waals surface area contributed by atoms with E-state index in [1.165, 1.54) is 0 Å². The van der Waals surface area contributed by atoms with Gasteiger partial charge in [-0.3, -0.25) is 10.1 Å². The molecule has 0 heterocycles. The third-order valence-electron chi connectivity index (χ3n) is 1.79. The second-order valence-corrected chi connectivity index (χ2v) is 4.51. The summed E-state index contributed by atoms with van der Waals surface area (Å²) < 4.78 is 59.1. The van der Waals surface area contributed by atoms with E-state index < -0.39 is 37.3 Å². The Morgan fingerprint density at radius 2 is 1.82 bits per heavy atom. The number of hydrogen-bond acceptors (Lipinski definition) is 4. The Morgan fingerprint density at radius 3 is 2.18 bits per heavy atom. The molecule has 1 rings (SSSR count). The van der Waals surface area contributed by atoms with Crippen molar-refractivity contribution >= 4 is 15.7 Å². The number of nitro benzene ring substituents is 1. The van der Waals surface area contributed by atoms with Gasteiger partial charge in [0.15, 0.2) is 0 Å². The van der Waals surface area contributed by atoms with Crippen LogP contribution in [0.3, 0.4) is 0 Å². The van der Waals surface area contributed by atoms with Gasteiger partial charge in [0.2, 0.25) is 10.0 Å². The van der Waals surface area contributed by atoms with Crippen LogP contribution in [0, 0.1) is 10.1 Å². The van der Waals surface area contributed by atoms with Crippen LogP contribution in [0.2, 0.25) is 0 Å².